The number of rotatable bonds is 5. The lowest BCUT2D eigenvalue weighted by Crippen LogP contribution is -2.44. The van der Waals surface area contributed by atoms with E-state index in [9.17, 15) is 0 Å². The predicted octanol–water partition coefficient (Wildman–Crippen LogP) is 3.99. The molecule has 0 saturated heterocycles. The van der Waals surface area contributed by atoms with Gasteiger partial charge in [0.1, 0.15) is 0 Å². The molecule has 2 nitrogen and oxygen atoms in total. The largest absolute Gasteiger partial charge is 0.324 e. The van der Waals surface area contributed by atoms with Crippen molar-refractivity contribution in [2.45, 2.75) is 59.2 Å². The third-order valence-corrected chi connectivity index (χ3v) is 3.87. The van der Waals surface area contributed by atoms with Gasteiger partial charge in [-0.1, -0.05) is 6.07 Å². The number of hydrogen-bond acceptors (Lipinski definition) is 1. The highest BCUT2D eigenvalue weighted by Gasteiger charge is 2.21. The third kappa shape index (κ3) is 3.01. The van der Waals surface area contributed by atoms with Crippen LogP contribution in [0.25, 0.3) is 5.52 Å². The summed E-state index contributed by atoms with van der Waals surface area (Å²) in [7, 11) is 0. The van der Waals surface area contributed by atoms with Crippen molar-refractivity contribution in [3.05, 3.63) is 42.2 Å². The zero-order chi connectivity index (χ0) is 14.0. The molecular formula is C17H26N2. The second kappa shape index (κ2) is 5.79. The fourth-order valence-electron chi connectivity index (χ4n) is 3.32. The molecule has 104 valence electrons. The molecular weight excluding hydrogens is 232 g/mol. The first-order valence-electron chi connectivity index (χ1n) is 7.32. The van der Waals surface area contributed by atoms with Crippen molar-refractivity contribution >= 4 is 5.52 Å². The Kier molecular flexibility index (Phi) is 4.31. The van der Waals surface area contributed by atoms with Gasteiger partial charge in [-0.05, 0) is 64.8 Å². The van der Waals surface area contributed by atoms with Gasteiger partial charge in [0.05, 0.1) is 0 Å². The number of hydrogen-bond donors (Lipinski definition) is 0. The number of aromatic nitrogens is 1. The van der Waals surface area contributed by atoms with Crippen LogP contribution in [0.4, 0.5) is 0 Å². The van der Waals surface area contributed by atoms with Crippen molar-refractivity contribution in [1.29, 1.82) is 0 Å². The van der Waals surface area contributed by atoms with Crippen LogP contribution in [0.15, 0.2) is 36.7 Å². The number of fused-ring (bicyclic) bond motifs is 1. The van der Waals surface area contributed by atoms with E-state index in [1.165, 1.54) is 11.1 Å². The highest BCUT2D eigenvalue weighted by Crippen LogP contribution is 2.19. The van der Waals surface area contributed by atoms with E-state index < -0.39 is 0 Å². The van der Waals surface area contributed by atoms with Gasteiger partial charge >= 0.3 is 0 Å². The van der Waals surface area contributed by atoms with E-state index in [0.29, 0.717) is 18.1 Å². The molecule has 0 amide bonds. The molecule has 1 atom stereocenters. The van der Waals surface area contributed by atoms with Gasteiger partial charge in [-0.2, -0.15) is 0 Å². The smallest absolute Gasteiger partial charge is 0.0482 e. The van der Waals surface area contributed by atoms with Gasteiger partial charge in [-0.25, -0.2) is 0 Å². The topological polar surface area (TPSA) is 7.65 Å². The quantitative estimate of drug-likeness (QED) is 0.787. The summed E-state index contributed by atoms with van der Waals surface area (Å²) < 4.78 is 2.21. The Bertz CT molecular complexity index is 517. The number of nitrogens with zero attached hydrogens (tertiary/aromatic N) is 2. The first-order chi connectivity index (χ1) is 9.00. The van der Waals surface area contributed by atoms with Crippen LogP contribution >= 0.6 is 0 Å². The zero-order valence-corrected chi connectivity index (χ0v) is 12.8. The van der Waals surface area contributed by atoms with Gasteiger partial charge in [0.15, 0.2) is 0 Å². The Morgan fingerprint density at radius 1 is 0.947 bits per heavy atom. The number of pyridine rings is 1. The minimum atomic E-state index is 0.561. The van der Waals surface area contributed by atoms with Crippen LogP contribution in [-0.4, -0.2) is 27.4 Å². The maximum atomic E-state index is 2.59. The van der Waals surface area contributed by atoms with Crippen LogP contribution in [-0.2, 0) is 6.42 Å². The first-order valence-corrected chi connectivity index (χ1v) is 7.32. The standard InChI is InChI=1S/C17H26N2/c1-13(2)19(14(3)4)15(5)12-16-9-11-18-10-7-6-8-17(16)18/h6-11,13-15H,12H2,1-5H3. The van der Waals surface area contributed by atoms with E-state index in [4.69, 9.17) is 0 Å². The molecule has 19 heavy (non-hydrogen) atoms. The van der Waals surface area contributed by atoms with Gasteiger partial charge in [-0.3, -0.25) is 4.90 Å². The first kappa shape index (κ1) is 14.1. The second-order valence-electron chi connectivity index (χ2n) is 6.02. The minimum absolute atomic E-state index is 0.561. The summed E-state index contributed by atoms with van der Waals surface area (Å²) in [4.78, 5) is 2.59. The molecule has 0 aromatic carbocycles. The molecule has 0 spiro atoms. The molecule has 0 bridgehead atoms. The molecule has 0 aliphatic heterocycles. The molecule has 2 heteroatoms. The van der Waals surface area contributed by atoms with Crippen molar-refractivity contribution in [2.24, 2.45) is 0 Å². The fourth-order valence-corrected chi connectivity index (χ4v) is 3.32. The maximum absolute atomic E-state index is 2.59. The average molecular weight is 258 g/mol. The van der Waals surface area contributed by atoms with Crippen LogP contribution in [0.1, 0.15) is 40.2 Å². The second-order valence-corrected chi connectivity index (χ2v) is 6.02. The lowest BCUT2D eigenvalue weighted by Gasteiger charge is -2.36. The van der Waals surface area contributed by atoms with E-state index in [1.54, 1.807) is 0 Å². The van der Waals surface area contributed by atoms with Crippen molar-refractivity contribution in [2.75, 3.05) is 0 Å². The van der Waals surface area contributed by atoms with Crippen LogP contribution in [0.3, 0.4) is 0 Å². The molecule has 0 fully saturated rings. The molecule has 0 saturated carbocycles. The predicted molar refractivity (Wildman–Crippen MR) is 82.7 cm³/mol. The molecule has 2 aromatic rings. The molecule has 1 unspecified atom stereocenters. The summed E-state index contributed by atoms with van der Waals surface area (Å²) in [5.74, 6) is 0. The summed E-state index contributed by atoms with van der Waals surface area (Å²) >= 11 is 0. The van der Waals surface area contributed by atoms with Crippen molar-refractivity contribution < 1.29 is 0 Å². The highest BCUT2D eigenvalue weighted by molar-refractivity contribution is 5.55. The fraction of sp³-hybridized carbons (Fsp3) is 0.529. The summed E-state index contributed by atoms with van der Waals surface area (Å²) in [6.45, 7) is 11.5. The Balaban J connectivity index is 2.20. The molecule has 2 rings (SSSR count). The maximum Gasteiger partial charge on any atom is 0.0482 e. The van der Waals surface area contributed by atoms with Gasteiger partial charge in [0, 0.05) is 36.0 Å². The molecule has 0 aliphatic carbocycles. The van der Waals surface area contributed by atoms with Crippen LogP contribution < -0.4 is 0 Å². The lowest BCUT2D eigenvalue weighted by molar-refractivity contribution is 0.122. The van der Waals surface area contributed by atoms with E-state index >= 15 is 0 Å². The van der Waals surface area contributed by atoms with E-state index in [2.05, 4.69) is 80.6 Å². The lowest BCUT2D eigenvalue weighted by atomic mass is 10.0. The van der Waals surface area contributed by atoms with Crippen molar-refractivity contribution in [3.63, 3.8) is 0 Å². The highest BCUT2D eigenvalue weighted by atomic mass is 15.2. The minimum Gasteiger partial charge on any atom is -0.324 e. The van der Waals surface area contributed by atoms with E-state index in [-0.39, 0.29) is 0 Å². The molecule has 0 aliphatic rings. The van der Waals surface area contributed by atoms with Gasteiger partial charge in [0.2, 0.25) is 0 Å². The summed E-state index contributed by atoms with van der Waals surface area (Å²) in [5.41, 5.74) is 2.78. The Morgan fingerprint density at radius 2 is 1.63 bits per heavy atom. The third-order valence-electron chi connectivity index (χ3n) is 3.87. The molecule has 2 aromatic heterocycles. The Morgan fingerprint density at radius 3 is 2.26 bits per heavy atom. The van der Waals surface area contributed by atoms with Crippen molar-refractivity contribution in [1.82, 2.24) is 9.30 Å². The van der Waals surface area contributed by atoms with Crippen LogP contribution in [0.5, 0.6) is 0 Å². The van der Waals surface area contributed by atoms with Crippen LogP contribution in [0, 0.1) is 0 Å². The summed E-state index contributed by atoms with van der Waals surface area (Å²) in [6, 6.07) is 10.4. The van der Waals surface area contributed by atoms with E-state index in [0.717, 1.165) is 6.42 Å². The Hall–Kier alpha value is -1.28. The molecule has 0 N–H and O–H groups in total. The van der Waals surface area contributed by atoms with E-state index in [1.807, 2.05) is 0 Å². The van der Waals surface area contributed by atoms with Crippen LogP contribution in [0.2, 0.25) is 0 Å². The monoisotopic (exact) mass is 258 g/mol. The average Bonchev–Trinajstić information content (AvgIpc) is 2.72. The summed E-state index contributed by atoms with van der Waals surface area (Å²) in [6.07, 6.45) is 5.38. The molecule has 0 radical (unpaired) electrons. The van der Waals surface area contributed by atoms with Gasteiger partial charge in [0.25, 0.3) is 0 Å². The Labute approximate surface area is 117 Å². The molecule has 2 heterocycles. The van der Waals surface area contributed by atoms with Crippen molar-refractivity contribution in [3.8, 4) is 0 Å². The normalized spacial score (nSPS) is 13.9. The van der Waals surface area contributed by atoms with Gasteiger partial charge in [-0.15, -0.1) is 0 Å². The zero-order valence-electron chi connectivity index (χ0n) is 12.8. The SMILES string of the molecule is CC(C)N(C(C)C)C(C)Cc1ccn2ccccc12. The summed E-state index contributed by atoms with van der Waals surface area (Å²) in [5, 5.41) is 0. The van der Waals surface area contributed by atoms with Gasteiger partial charge < -0.3 is 4.40 Å².